The summed E-state index contributed by atoms with van der Waals surface area (Å²) in [7, 11) is 1.64. The van der Waals surface area contributed by atoms with Crippen LogP contribution in [0.15, 0.2) is 48.7 Å². The smallest absolute Gasteiger partial charge is 0.259 e. The van der Waals surface area contributed by atoms with Crippen LogP contribution in [0.2, 0.25) is 0 Å². The molecule has 0 radical (unpaired) electrons. The van der Waals surface area contributed by atoms with E-state index in [2.05, 4.69) is 4.98 Å². The van der Waals surface area contributed by atoms with Gasteiger partial charge in [0.15, 0.2) is 0 Å². The van der Waals surface area contributed by atoms with Crippen LogP contribution in [0.3, 0.4) is 0 Å². The van der Waals surface area contributed by atoms with Crippen molar-refractivity contribution in [1.29, 1.82) is 0 Å². The fraction of sp³-hybridized carbons (Fsp3) is 0.158. The first kappa shape index (κ1) is 15.0. The molecule has 0 atom stereocenters. The molecule has 2 aromatic carbocycles. The van der Waals surface area contributed by atoms with Crippen LogP contribution in [0.4, 0.5) is 5.69 Å². The Labute approximate surface area is 144 Å². The van der Waals surface area contributed by atoms with Crippen LogP contribution in [0.5, 0.6) is 5.75 Å². The highest BCUT2D eigenvalue weighted by atomic mass is 35.5. The second kappa shape index (κ2) is 5.80. The summed E-state index contributed by atoms with van der Waals surface area (Å²) < 4.78 is 5.18. The Kier molecular flexibility index (Phi) is 3.62. The molecule has 5 heteroatoms. The van der Waals surface area contributed by atoms with Crippen molar-refractivity contribution in [3.8, 4) is 5.75 Å². The Morgan fingerprint density at radius 3 is 2.67 bits per heavy atom. The summed E-state index contributed by atoms with van der Waals surface area (Å²) in [5.41, 5.74) is 3.39. The third-order valence-corrected chi connectivity index (χ3v) is 4.62. The molecule has 0 saturated heterocycles. The van der Waals surface area contributed by atoms with Gasteiger partial charge in [-0.15, -0.1) is 11.6 Å². The van der Waals surface area contributed by atoms with E-state index in [0.717, 1.165) is 33.5 Å². The monoisotopic (exact) mass is 338 g/mol. The number of halogens is 1. The van der Waals surface area contributed by atoms with E-state index in [1.807, 2.05) is 42.5 Å². The maximum Gasteiger partial charge on any atom is 0.259 e. The molecule has 0 N–H and O–H groups in total. The van der Waals surface area contributed by atoms with Crippen LogP contribution in [-0.4, -0.2) is 18.0 Å². The second-order valence-electron chi connectivity index (χ2n) is 5.69. The van der Waals surface area contributed by atoms with Gasteiger partial charge in [-0.1, -0.05) is 24.3 Å². The molecule has 2 heterocycles. The van der Waals surface area contributed by atoms with Gasteiger partial charge in [0.2, 0.25) is 0 Å². The van der Waals surface area contributed by atoms with Crippen LogP contribution in [0, 0.1) is 0 Å². The van der Waals surface area contributed by atoms with Gasteiger partial charge in [-0.05, 0) is 23.8 Å². The minimum Gasteiger partial charge on any atom is -0.497 e. The number of aromatic nitrogens is 1. The standard InChI is InChI=1S/C19H15ClN2O2/c1-24-13-7-5-12(6-8-13)11-22-17-10-21-16(9-20)14-3-2-4-15(18(14)17)19(22)23/h2-8,10H,9,11H2,1H3. The molecule has 0 saturated carbocycles. The third kappa shape index (κ3) is 2.22. The van der Waals surface area contributed by atoms with Crippen LogP contribution < -0.4 is 9.64 Å². The average molecular weight is 339 g/mol. The predicted molar refractivity (Wildman–Crippen MR) is 94.8 cm³/mol. The lowest BCUT2D eigenvalue weighted by molar-refractivity contribution is 0.0991. The van der Waals surface area contributed by atoms with Crippen molar-refractivity contribution >= 4 is 34.0 Å². The Hall–Kier alpha value is -2.59. The third-order valence-electron chi connectivity index (χ3n) is 4.37. The maximum absolute atomic E-state index is 12.8. The Morgan fingerprint density at radius 2 is 1.96 bits per heavy atom. The maximum atomic E-state index is 12.8. The highest BCUT2D eigenvalue weighted by molar-refractivity contribution is 6.26. The SMILES string of the molecule is COc1ccc(CN2C(=O)c3cccc4c(CCl)ncc2c34)cc1. The topological polar surface area (TPSA) is 42.4 Å². The number of rotatable bonds is 4. The van der Waals surface area contributed by atoms with Crippen molar-refractivity contribution in [3.05, 3.63) is 65.5 Å². The fourth-order valence-corrected chi connectivity index (χ4v) is 3.37. The number of pyridine rings is 1. The van der Waals surface area contributed by atoms with E-state index in [9.17, 15) is 4.79 Å². The Bertz CT molecular complexity index is 938. The number of amides is 1. The molecule has 1 aromatic heterocycles. The van der Waals surface area contributed by atoms with Crippen molar-refractivity contribution in [3.63, 3.8) is 0 Å². The first-order chi connectivity index (χ1) is 11.7. The molecule has 0 aliphatic carbocycles. The lowest BCUT2D eigenvalue weighted by atomic mass is 10.1. The molecular formula is C19H15ClN2O2. The lowest BCUT2D eigenvalue weighted by Gasteiger charge is -2.18. The van der Waals surface area contributed by atoms with E-state index in [1.165, 1.54) is 0 Å². The van der Waals surface area contributed by atoms with Gasteiger partial charge >= 0.3 is 0 Å². The van der Waals surface area contributed by atoms with Crippen molar-refractivity contribution in [2.45, 2.75) is 12.4 Å². The number of benzene rings is 2. The zero-order chi connectivity index (χ0) is 16.7. The number of hydrogen-bond acceptors (Lipinski definition) is 3. The number of methoxy groups -OCH3 is 1. The molecular weight excluding hydrogens is 324 g/mol. The number of carbonyl (C=O) groups excluding carboxylic acids is 1. The summed E-state index contributed by atoms with van der Waals surface area (Å²) in [5.74, 6) is 1.12. The molecule has 3 aromatic rings. The van der Waals surface area contributed by atoms with Crippen molar-refractivity contribution < 1.29 is 9.53 Å². The summed E-state index contributed by atoms with van der Waals surface area (Å²) in [6.45, 7) is 0.495. The van der Waals surface area contributed by atoms with Gasteiger partial charge in [-0.3, -0.25) is 9.78 Å². The van der Waals surface area contributed by atoms with Crippen LogP contribution in [-0.2, 0) is 12.4 Å². The van der Waals surface area contributed by atoms with Gasteiger partial charge in [-0.2, -0.15) is 0 Å². The van der Waals surface area contributed by atoms with Gasteiger partial charge in [0.05, 0.1) is 37.1 Å². The van der Waals surface area contributed by atoms with Crippen LogP contribution in [0.1, 0.15) is 21.6 Å². The van der Waals surface area contributed by atoms with E-state index < -0.39 is 0 Å². The zero-order valence-corrected chi connectivity index (χ0v) is 13.9. The van der Waals surface area contributed by atoms with Gasteiger partial charge in [0.25, 0.3) is 5.91 Å². The minimum absolute atomic E-state index is 0.0000551. The van der Waals surface area contributed by atoms with E-state index in [4.69, 9.17) is 16.3 Å². The van der Waals surface area contributed by atoms with E-state index in [1.54, 1.807) is 18.2 Å². The summed E-state index contributed by atoms with van der Waals surface area (Å²) >= 11 is 5.99. The van der Waals surface area contributed by atoms with Gasteiger partial charge < -0.3 is 9.64 Å². The van der Waals surface area contributed by atoms with E-state index in [0.29, 0.717) is 18.0 Å². The number of ether oxygens (including phenoxy) is 1. The highest BCUT2D eigenvalue weighted by Gasteiger charge is 2.30. The summed E-state index contributed by atoms with van der Waals surface area (Å²) in [4.78, 5) is 19.1. The molecule has 0 bridgehead atoms. The summed E-state index contributed by atoms with van der Waals surface area (Å²) in [6, 6.07) is 13.4. The number of hydrogen-bond donors (Lipinski definition) is 0. The van der Waals surface area contributed by atoms with E-state index in [-0.39, 0.29) is 5.91 Å². The number of anilines is 1. The predicted octanol–water partition coefficient (Wildman–Crippen LogP) is 4.14. The zero-order valence-electron chi connectivity index (χ0n) is 13.1. The van der Waals surface area contributed by atoms with Crippen molar-refractivity contribution in [1.82, 2.24) is 4.98 Å². The molecule has 0 unspecified atom stereocenters. The molecule has 4 nitrogen and oxygen atoms in total. The minimum atomic E-state index is -0.0000551. The first-order valence-electron chi connectivity index (χ1n) is 7.64. The number of nitrogens with zero attached hydrogens (tertiary/aromatic N) is 2. The highest BCUT2D eigenvalue weighted by Crippen LogP contribution is 2.39. The Balaban J connectivity index is 1.77. The number of alkyl halides is 1. The summed E-state index contributed by atoms with van der Waals surface area (Å²) in [5, 5.41) is 1.90. The van der Waals surface area contributed by atoms with E-state index >= 15 is 0 Å². The van der Waals surface area contributed by atoms with Crippen LogP contribution >= 0.6 is 11.6 Å². The average Bonchev–Trinajstić information content (AvgIpc) is 2.90. The Morgan fingerprint density at radius 1 is 1.17 bits per heavy atom. The molecule has 4 rings (SSSR count). The van der Waals surface area contributed by atoms with Crippen molar-refractivity contribution in [2.75, 3.05) is 12.0 Å². The van der Waals surface area contributed by atoms with Crippen molar-refractivity contribution in [2.24, 2.45) is 0 Å². The van der Waals surface area contributed by atoms with Crippen LogP contribution in [0.25, 0.3) is 10.8 Å². The molecule has 0 fully saturated rings. The fourth-order valence-electron chi connectivity index (χ4n) is 3.16. The van der Waals surface area contributed by atoms with Gasteiger partial charge in [-0.25, -0.2) is 0 Å². The lowest BCUT2D eigenvalue weighted by Crippen LogP contribution is -2.26. The largest absolute Gasteiger partial charge is 0.497 e. The second-order valence-corrected chi connectivity index (χ2v) is 5.96. The molecule has 1 amide bonds. The molecule has 1 aliphatic heterocycles. The quantitative estimate of drug-likeness (QED) is 0.671. The first-order valence-corrected chi connectivity index (χ1v) is 8.17. The van der Waals surface area contributed by atoms with Gasteiger partial charge in [0.1, 0.15) is 5.75 Å². The normalized spacial score (nSPS) is 12.9. The summed E-state index contributed by atoms with van der Waals surface area (Å²) in [6.07, 6.45) is 1.75. The molecule has 120 valence electrons. The van der Waals surface area contributed by atoms with Gasteiger partial charge in [0, 0.05) is 16.3 Å². The molecule has 24 heavy (non-hydrogen) atoms. The molecule has 0 spiro atoms. The molecule has 1 aliphatic rings. The number of carbonyl (C=O) groups is 1.